The van der Waals surface area contributed by atoms with Crippen LogP contribution in [0.3, 0.4) is 0 Å². The number of nitrogen functional groups attached to an aromatic ring is 1. The van der Waals surface area contributed by atoms with Crippen LogP contribution in [0.1, 0.15) is 17.5 Å². The maximum atomic E-state index is 13.7. The van der Waals surface area contributed by atoms with Crippen molar-refractivity contribution >= 4 is 5.84 Å². The van der Waals surface area contributed by atoms with Crippen LogP contribution in [0.5, 0.6) is 0 Å². The second kappa shape index (κ2) is 5.81. The molecule has 0 aliphatic carbocycles. The average molecular weight is 264 g/mol. The number of hydrogen-bond donors (Lipinski definition) is 2. The molecular weight excluding hydrogens is 252 g/mol. The van der Waals surface area contributed by atoms with Gasteiger partial charge in [-0.15, -0.1) is 0 Å². The van der Waals surface area contributed by atoms with Crippen molar-refractivity contribution in [1.29, 1.82) is 5.41 Å². The standard InChI is InChI=1S/C11H12F4N2O/c12-9-7(2-1-3-8(9)10(16)17)6-18-5-4-11(13,14)15/h1-3H,4-6H2,(H3,16,17). The van der Waals surface area contributed by atoms with E-state index in [0.717, 1.165) is 0 Å². The first-order valence-corrected chi connectivity index (χ1v) is 5.07. The van der Waals surface area contributed by atoms with E-state index >= 15 is 0 Å². The Morgan fingerprint density at radius 2 is 2.00 bits per heavy atom. The first-order valence-electron chi connectivity index (χ1n) is 5.07. The Labute approximate surface area is 101 Å². The Morgan fingerprint density at radius 1 is 1.33 bits per heavy atom. The highest BCUT2D eigenvalue weighted by Gasteiger charge is 2.26. The number of nitrogens with two attached hydrogens (primary N) is 1. The van der Waals surface area contributed by atoms with Gasteiger partial charge in [0.15, 0.2) is 0 Å². The van der Waals surface area contributed by atoms with E-state index in [9.17, 15) is 17.6 Å². The van der Waals surface area contributed by atoms with Gasteiger partial charge < -0.3 is 10.5 Å². The number of alkyl halides is 3. The molecule has 0 amide bonds. The maximum Gasteiger partial charge on any atom is 0.391 e. The lowest BCUT2D eigenvalue weighted by Crippen LogP contribution is -2.15. The molecule has 7 heteroatoms. The maximum absolute atomic E-state index is 13.7. The van der Waals surface area contributed by atoms with E-state index in [1.54, 1.807) is 0 Å². The van der Waals surface area contributed by atoms with E-state index in [1.165, 1.54) is 18.2 Å². The number of rotatable bonds is 5. The van der Waals surface area contributed by atoms with Crippen LogP contribution in [-0.4, -0.2) is 18.6 Å². The lowest BCUT2D eigenvalue weighted by Gasteiger charge is -2.09. The summed E-state index contributed by atoms with van der Waals surface area (Å²) in [6.07, 6.45) is -5.37. The number of ether oxygens (including phenoxy) is 1. The van der Waals surface area contributed by atoms with Gasteiger partial charge in [0.05, 0.1) is 25.2 Å². The molecule has 1 aromatic rings. The Balaban J connectivity index is 2.58. The van der Waals surface area contributed by atoms with Gasteiger partial charge in [-0.2, -0.15) is 13.2 Å². The summed E-state index contributed by atoms with van der Waals surface area (Å²) in [5, 5.41) is 7.12. The summed E-state index contributed by atoms with van der Waals surface area (Å²) in [7, 11) is 0. The van der Waals surface area contributed by atoms with E-state index in [1.807, 2.05) is 0 Å². The van der Waals surface area contributed by atoms with Gasteiger partial charge in [-0.3, -0.25) is 5.41 Å². The molecule has 0 heterocycles. The second-order valence-electron chi connectivity index (χ2n) is 3.61. The zero-order chi connectivity index (χ0) is 13.8. The zero-order valence-corrected chi connectivity index (χ0v) is 9.35. The highest BCUT2D eigenvalue weighted by molar-refractivity contribution is 5.95. The quantitative estimate of drug-likeness (QED) is 0.371. The Morgan fingerprint density at radius 3 is 2.56 bits per heavy atom. The van der Waals surface area contributed by atoms with Crippen LogP contribution in [0.4, 0.5) is 17.6 Å². The molecule has 0 spiro atoms. The van der Waals surface area contributed by atoms with Crippen molar-refractivity contribution in [3.05, 3.63) is 35.1 Å². The normalized spacial score (nSPS) is 11.6. The van der Waals surface area contributed by atoms with Crippen molar-refractivity contribution < 1.29 is 22.3 Å². The zero-order valence-electron chi connectivity index (χ0n) is 9.35. The Bertz CT molecular complexity index is 432. The fourth-order valence-electron chi connectivity index (χ4n) is 1.27. The molecule has 1 rings (SSSR count). The molecule has 100 valence electrons. The van der Waals surface area contributed by atoms with E-state index in [4.69, 9.17) is 15.9 Å². The fourth-order valence-corrected chi connectivity index (χ4v) is 1.27. The molecule has 0 unspecified atom stereocenters. The van der Waals surface area contributed by atoms with Crippen molar-refractivity contribution in [2.24, 2.45) is 5.73 Å². The molecule has 3 nitrogen and oxygen atoms in total. The molecule has 1 aromatic carbocycles. The predicted molar refractivity (Wildman–Crippen MR) is 57.7 cm³/mol. The minimum absolute atomic E-state index is 0.0740. The summed E-state index contributed by atoms with van der Waals surface area (Å²) in [5.41, 5.74) is 5.13. The third-order valence-corrected chi connectivity index (χ3v) is 2.16. The topological polar surface area (TPSA) is 59.1 Å². The lowest BCUT2D eigenvalue weighted by molar-refractivity contribution is -0.146. The van der Waals surface area contributed by atoms with Crippen LogP contribution >= 0.6 is 0 Å². The van der Waals surface area contributed by atoms with Crippen LogP contribution in [0.2, 0.25) is 0 Å². The van der Waals surface area contributed by atoms with Gasteiger partial charge >= 0.3 is 6.18 Å². The van der Waals surface area contributed by atoms with Crippen LogP contribution in [0, 0.1) is 11.2 Å². The number of halogens is 4. The van der Waals surface area contributed by atoms with Gasteiger partial charge in [-0.05, 0) is 6.07 Å². The smallest absolute Gasteiger partial charge is 0.384 e. The van der Waals surface area contributed by atoms with Crippen LogP contribution in [0.25, 0.3) is 0 Å². The lowest BCUT2D eigenvalue weighted by atomic mass is 10.1. The van der Waals surface area contributed by atoms with E-state index in [0.29, 0.717) is 0 Å². The molecule has 0 aliphatic heterocycles. The molecule has 0 aliphatic rings. The van der Waals surface area contributed by atoms with Crippen LogP contribution in [0.15, 0.2) is 18.2 Å². The van der Waals surface area contributed by atoms with Crippen molar-refractivity contribution in [1.82, 2.24) is 0 Å². The van der Waals surface area contributed by atoms with Gasteiger partial charge in [-0.25, -0.2) is 4.39 Å². The monoisotopic (exact) mass is 264 g/mol. The molecule has 0 saturated carbocycles. The molecule has 3 N–H and O–H groups in total. The molecule has 18 heavy (non-hydrogen) atoms. The van der Waals surface area contributed by atoms with E-state index < -0.39 is 30.9 Å². The van der Waals surface area contributed by atoms with Gasteiger partial charge in [0.2, 0.25) is 0 Å². The molecular formula is C11H12F4N2O. The van der Waals surface area contributed by atoms with Crippen molar-refractivity contribution in [3.63, 3.8) is 0 Å². The molecule has 0 radical (unpaired) electrons. The highest BCUT2D eigenvalue weighted by Crippen LogP contribution is 2.20. The summed E-state index contributed by atoms with van der Waals surface area (Å²) < 4.78 is 53.9. The summed E-state index contributed by atoms with van der Waals surface area (Å²) in [5.74, 6) is -1.18. The molecule has 0 saturated heterocycles. The van der Waals surface area contributed by atoms with Crippen molar-refractivity contribution in [3.8, 4) is 0 Å². The van der Waals surface area contributed by atoms with E-state index in [-0.39, 0.29) is 17.7 Å². The fraction of sp³-hybridized carbons (Fsp3) is 0.364. The summed E-state index contributed by atoms with van der Waals surface area (Å²) >= 11 is 0. The second-order valence-corrected chi connectivity index (χ2v) is 3.61. The Kier molecular flexibility index (Phi) is 4.66. The first-order chi connectivity index (χ1) is 8.31. The molecule has 0 bridgehead atoms. The number of benzene rings is 1. The van der Waals surface area contributed by atoms with Crippen LogP contribution < -0.4 is 5.73 Å². The Hall–Kier alpha value is -1.63. The highest BCUT2D eigenvalue weighted by atomic mass is 19.4. The van der Waals surface area contributed by atoms with Gasteiger partial charge in [0.1, 0.15) is 11.7 Å². The summed E-state index contributed by atoms with van der Waals surface area (Å²) in [6.45, 7) is -0.823. The average Bonchev–Trinajstić information content (AvgIpc) is 2.24. The third kappa shape index (κ3) is 4.33. The van der Waals surface area contributed by atoms with Crippen molar-refractivity contribution in [2.45, 2.75) is 19.2 Å². The summed E-state index contributed by atoms with van der Waals surface area (Å²) in [4.78, 5) is 0. The number of hydrogen-bond acceptors (Lipinski definition) is 2. The van der Waals surface area contributed by atoms with Crippen molar-refractivity contribution in [2.75, 3.05) is 6.61 Å². The predicted octanol–water partition coefficient (Wildman–Crippen LogP) is 2.58. The molecule has 0 atom stereocenters. The van der Waals surface area contributed by atoms with Gasteiger partial charge in [0.25, 0.3) is 0 Å². The van der Waals surface area contributed by atoms with E-state index in [2.05, 4.69) is 0 Å². The van der Waals surface area contributed by atoms with Crippen LogP contribution in [-0.2, 0) is 11.3 Å². The van der Waals surface area contributed by atoms with Gasteiger partial charge in [-0.1, -0.05) is 12.1 Å². The largest absolute Gasteiger partial charge is 0.391 e. The first kappa shape index (κ1) is 14.4. The molecule has 0 aromatic heterocycles. The number of amidine groups is 1. The minimum Gasteiger partial charge on any atom is -0.384 e. The minimum atomic E-state index is -4.29. The summed E-state index contributed by atoms with van der Waals surface area (Å²) in [6, 6.07) is 4.15. The van der Waals surface area contributed by atoms with Gasteiger partial charge in [0, 0.05) is 5.56 Å². The third-order valence-electron chi connectivity index (χ3n) is 2.16. The number of nitrogens with one attached hydrogen (secondary N) is 1. The molecule has 0 fully saturated rings. The SMILES string of the molecule is N=C(N)c1cccc(COCCC(F)(F)F)c1F.